The summed E-state index contributed by atoms with van der Waals surface area (Å²) in [6.07, 6.45) is 2.55. The van der Waals surface area contributed by atoms with Crippen LogP contribution in [0.15, 0.2) is 18.2 Å². The van der Waals surface area contributed by atoms with Crippen molar-refractivity contribution in [1.29, 1.82) is 0 Å². The maximum atomic E-state index is 12.2. The highest BCUT2D eigenvalue weighted by Gasteiger charge is 2.26. The third kappa shape index (κ3) is 2.88. The summed E-state index contributed by atoms with van der Waals surface area (Å²) in [7, 11) is 0. The van der Waals surface area contributed by atoms with Crippen LogP contribution < -0.4 is 0 Å². The summed E-state index contributed by atoms with van der Waals surface area (Å²) < 4.78 is 0. The van der Waals surface area contributed by atoms with Crippen molar-refractivity contribution in [1.82, 2.24) is 0 Å². The minimum atomic E-state index is -0.187. The average molecular weight is 271 g/mol. The molecule has 1 aliphatic carbocycles. The molecule has 1 aliphatic rings. The fourth-order valence-corrected chi connectivity index (χ4v) is 2.43. The minimum absolute atomic E-state index is 0.00313. The number of ketones is 2. The molecule has 1 saturated carbocycles. The largest absolute Gasteiger partial charge is 0.300 e. The summed E-state index contributed by atoms with van der Waals surface area (Å²) >= 11 is 11.7. The first kappa shape index (κ1) is 12.6. The summed E-state index contributed by atoms with van der Waals surface area (Å²) in [4.78, 5) is 23.5. The second-order valence-electron chi connectivity index (χ2n) is 4.33. The first-order valence-electron chi connectivity index (χ1n) is 5.59. The number of carbonyl (C=O) groups excluding carboxylic acids is 2. The zero-order chi connectivity index (χ0) is 12.4. The molecular formula is C13H12Cl2O2. The monoisotopic (exact) mass is 270 g/mol. The lowest BCUT2D eigenvalue weighted by Gasteiger charge is -2.19. The molecule has 2 rings (SSSR count). The molecule has 0 saturated heterocycles. The molecule has 0 bridgehead atoms. The SMILES string of the molecule is O=C1CCCC(C(=O)c2ccc(Cl)c(Cl)c2)C1. The lowest BCUT2D eigenvalue weighted by molar-refractivity contribution is -0.121. The molecule has 1 unspecified atom stereocenters. The quantitative estimate of drug-likeness (QED) is 0.763. The van der Waals surface area contributed by atoms with Crippen molar-refractivity contribution in [3.05, 3.63) is 33.8 Å². The van der Waals surface area contributed by atoms with E-state index in [9.17, 15) is 9.59 Å². The number of rotatable bonds is 2. The van der Waals surface area contributed by atoms with E-state index in [0.717, 1.165) is 12.8 Å². The Morgan fingerprint density at radius 3 is 2.65 bits per heavy atom. The van der Waals surface area contributed by atoms with Gasteiger partial charge < -0.3 is 0 Å². The van der Waals surface area contributed by atoms with Crippen LogP contribution in [0.3, 0.4) is 0 Å². The van der Waals surface area contributed by atoms with Crippen molar-refractivity contribution in [2.45, 2.75) is 25.7 Å². The second kappa shape index (κ2) is 5.19. The number of carbonyl (C=O) groups is 2. The van der Waals surface area contributed by atoms with Crippen LogP contribution in [0, 0.1) is 5.92 Å². The van der Waals surface area contributed by atoms with Gasteiger partial charge in [0.05, 0.1) is 10.0 Å². The maximum Gasteiger partial charge on any atom is 0.166 e. The number of Topliss-reactive ketones (excluding diaryl/α,β-unsaturated/α-hetero) is 2. The van der Waals surface area contributed by atoms with Gasteiger partial charge in [-0.1, -0.05) is 23.2 Å². The van der Waals surface area contributed by atoms with Crippen LogP contribution in [0.25, 0.3) is 0 Å². The van der Waals surface area contributed by atoms with Gasteiger partial charge in [0.1, 0.15) is 5.78 Å². The molecule has 0 radical (unpaired) electrons. The van der Waals surface area contributed by atoms with Crippen LogP contribution in [0.1, 0.15) is 36.0 Å². The molecule has 1 aromatic carbocycles. The Morgan fingerprint density at radius 1 is 1.24 bits per heavy atom. The van der Waals surface area contributed by atoms with E-state index >= 15 is 0 Å². The van der Waals surface area contributed by atoms with E-state index in [0.29, 0.717) is 28.5 Å². The van der Waals surface area contributed by atoms with Gasteiger partial charge in [-0.25, -0.2) is 0 Å². The number of halogens is 2. The summed E-state index contributed by atoms with van der Waals surface area (Å²) in [5, 5.41) is 0.808. The molecule has 0 aliphatic heterocycles. The molecule has 2 nitrogen and oxygen atoms in total. The second-order valence-corrected chi connectivity index (χ2v) is 5.14. The number of benzene rings is 1. The molecular weight excluding hydrogens is 259 g/mol. The van der Waals surface area contributed by atoms with Gasteiger partial charge in [-0.2, -0.15) is 0 Å². The van der Waals surface area contributed by atoms with Crippen molar-refractivity contribution in [3.63, 3.8) is 0 Å². The molecule has 90 valence electrons. The average Bonchev–Trinajstić information content (AvgIpc) is 2.32. The van der Waals surface area contributed by atoms with Crippen molar-refractivity contribution < 1.29 is 9.59 Å². The van der Waals surface area contributed by atoms with Crippen molar-refractivity contribution in [3.8, 4) is 0 Å². The molecule has 0 heterocycles. The Bertz CT molecular complexity index is 468. The molecule has 0 spiro atoms. The number of hydrogen-bond acceptors (Lipinski definition) is 2. The van der Waals surface area contributed by atoms with E-state index in [2.05, 4.69) is 0 Å². The van der Waals surface area contributed by atoms with Crippen LogP contribution in [0.2, 0.25) is 10.0 Å². The van der Waals surface area contributed by atoms with Gasteiger partial charge in [0.2, 0.25) is 0 Å². The zero-order valence-electron chi connectivity index (χ0n) is 9.21. The van der Waals surface area contributed by atoms with E-state index in [1.165, 1.54) is 0 Å². The molecule has 0 N–H and O–H groups in total. The van der Waals surface area contributed by atoms with Gasteiger partial charge in [0, 0.05) is 24.3 Å². The summed E-state index contributed by atoms with van der Waals surface area (Å²) in [6.45, 7) is 0. The van der Waals surface area contributed by atoms with E-state index in [-0.39, 0.29) is 17.5 Å². The van der Waals surface area contributed by atoms with Crippen molar-refractivity contribution in [2.24, 2.45) is 5.92 Å². The minimum Gasteiger partial charge on any atom is -0.300 e. The fourth-order valence-electron chi connectivity index (χ4n) is 2.13. The predicted molar refractivity (Wildman–Crippen MR) is 67.8 cm³/mol. The van der Waals surface area contributed by atoms with Gasteiger partial charge in [-0.15, -0.1) is 0 Å². The highest BCUT2D eigenvalue weighted by molar-refractivity contribution is 6.42. The van der Waals surface area contributed by atoms with E-state index < -0.39 is 0 Å². The van der Waals surface area contributed by atoms with Crippen molar-refractivity contribution >= 4 is 34.8 Å². The van der Waals surface area contributed by atoms with Crippen LogP contribution in [0.5, 0.6) is 0 Å². The van der Waals surface area contributed by atoms with E-state index in [4.69, 9.17) is 23.2 Å². The summed E-state index contributed by atoms with van der Waals surface area (Å²) in [5.74, 6) is -0.0141. The molecule has 0 aromatic heterocycles. The molecule has 17 heavy (non-hydrogen) atoms. The lowest BCUT2D eigenvalue weighted by atomic mass is 9.83. The van der Waals surface area contributed by atoms with E-state index in [1.807, 2.05) is 0 Å². The van der Waals surface area contributed by atoms with Gasteiger partial charge in [-0.05, 0) is 31.0 Å². The molecule has 1 fully saturated rings. The first-order chi connectivity index (χ1) is 8.08. The van der Waals surface area contributed by atoms with Gasteiger partial charge >= 0.3 is 0 Å². The molecule has 4 heteroatoms. The van der Waals surface area contributed by atoms with Crippen LogP contribution in [0.4, 0.5) is 0 Å². The smallest absolute Gasteiger partial charge is 0.166 e. The molecule has 0 amide bonds. The highest BCUT2D eigenvalue weighted by atomic mass is 35.5. The molecule has 1 atom stereocenters. The Kier molecular flexibility index (Phi) is 3.85. The van der Waals surface area contributed by atoms with Gasteiger partial charge in [-0.3, -0.25) is 9.59 Å². The van der Waals surface area contributed by atoms with Crippen LogP contribution in [-0.2, 0) is 4.79 Å². The Balaban J connectivity index is 2.18. The topological polar surface area (TPSA) is 34.1 Å². The van der Waals surface area contributed by atoms with Crippen molar-refractivity contribution in [2.75, 3.05) is 0 Å². The third-order valence-corrected chi connectivity index (χ3v) is 3.80. The normalized spacial score (nSPS) is 20.4. The van der Waals surface area contributed by atoms with Crippen LogP contribution >= 0.6 is 23.2 Å². The summed E-state index contributed by atoms with van der Waals surface area (Å²) in [6, 6.07) is 4.85. The Labute approximate surface area is 110 Å². The summed E-state index contributed by atoms with van der Waals surface area (Å²) in [5.41, 5.74) is 0.541. The van der Waals surface area contributed by atoms with Gasteiger partial charge in [0.25, 0.3) is 0 Å². The zero-order valence-corrected chi connectivity index (χ0v) is 10.7. The standard InChI is InChI=1S/C13H12Cl2O2/c14-11-5-4-9(7-12(11)15)13(17)8-2-1-3-10(16)6-8/h4-5,7-8H,1-3,6H2. The van der Waals surface area contributed by atoms with E-state index in [1.54, 1.807) is 18.2 Å². The van der Waals surface area contributed by atoms with Gasteiger partial charge in [0.15, 0.2) is 5.78 Å². The Morgan fingerprint density at radius 2 is 2.00 bits per heavy atom. The molecule has 1 aromatic rings. The lowest BCUT2D eigenvalue weighted by Crippen LogP contribution is -2.22. The number of hydrogen-bond donors (Lipinski definition) is 0. The predicted octanol–water partition coefficient (Wildman–Crippen LogP) is 3.94. The maximum absolute atomic E-state index is 12.2. The first-order valence-corrected chi connectivity index (χ1v) is 6.34. The third-order valence-electron chi connectivity index (χ3n) is 3.06. The fraction of sp³-hybridized carbons (Fsp3) is 0.385. The highest BCUT2D eigenvalue weighted by Crippen LogP contribution is 2.28. The Hall–Kier alpha value is -0.860. The van der Waals surface area contributed by atoms with Crippen LogP contribution in [-0.4, -0.2) is 11.6 Å².